The maximum atomic E-state index is 14.4. The minimum Gasteiger partial charge on any atom is -0.493 e. The fraction of sp³-hybridized carbons (Fsp3) is 0.0789. The third-order valence-electron chi connectivity index (χ3n) is 7.07. The zero-order valence-corrected chi connectivity index (χ0v) is 26.9. The maximum Gasteiger partial charge on any atom is 0.272 e. The minimum absolute atomic E-state index is 0.0134. The van der Waals surface area contributed by atoms with Crippen molar-refractivity contribution < 1.29 is 28.2 Å². The standard InChI is InChI=1S/C38H32FN3O5S/c1-46-33-21-20-25(23-34(33)47-2)22-32(42-36(43)27-14-7-4-8-15-27)37(44)40-28-16-11-17-29(24-28)48-35(26-12-5-3-6-13-26)38(45)41-31-19-10-9-18-30(31)39/h3-24,35H,1-2H3,(H,40,44)(H,41,45)(H,42,43)/b32-22+. The second kappa shape index (κ2) is 16.1. The van der Waals surface area contributed by atoms with Crippen molar-refractivity contribution in [1.82, 2.24) is 5.32 Å². The van der Waals surface area contributed by atoms with Crippen LogP contribution in [0, 0.1) is 5.82 Å². The number of halogens is 1. The van der Waals surface area contributed by atoms with Gasteiger partial charge < -0.3 is 25.4 Å². The van der Waals surface area contributed by atoms with Gasteiger partial charge in [0.15, 0.2) is 11.5 Å². The largest absolute Gasteiger partial charge is 0.493 e. The van der Waals surface area contributed by atoms with E-state index < -0.39 is 28.8 Å². The third-order valence-corrected chi connectivity index (χ3v) is 8.31. The van der Waals surface area contributed by atoms with E-state index in [-0.39, 0.29) is 11.4 Å². The monoisotopic (exact) mass is 661 g/mol. The van der Waals surface area contributed by atoms with E-state index in [9.17, 15) is 18.8 Å². The van der Waals surface area contributed by atoms with E-state index in [0.29, 0.717) is 33.2 Å². The number of hydrogen-bond donors (Lipinski definition) is 3. The second-order valence-corrected chi connectivity index (χ2v) is 11.5. The van der Waals surface area contributed by atoms with Gasteiger partial charge in [0.05, 0.1) is 19.9 Å². The van der Waals surface area contributed by atoms with Crippen molar-refractivity contribution in [2.75, 3.05) is 24.9 Å². The summed E-state index contributed by atoms with van der Waals surface area (Å²) in [6.07, 6.45) is 1.54. The van der Waals surface area contributed by atoms with Crippen LogP contribution in [-0.4, -0.2) is 31.9 Å². The average molecular weight is 662 g/mol. The van der Waals surface area contributed by atoms with Gasteiger partial charge >= 0.3 is 0 Å². The number of hydrogen-bond acceptors (Lipinski definition) is 6. The number of thioether (sulfide) groups is 1. The molecule has 5 rings (SSSR count). The van der Waals surface area contributed by atoms with E-state index in [1.165, 1.54) is 44.2 Å². The van der Waals surface area contributed by atoms with Crippen molar-refractivity contribution in [3.63, 3.8) is 0 Å². The van der Waals surface area contributed by atoms with Gasteiger partial charge in [-0.2, -0.15) is 0 Å². The van der Waals surface area contributed by atoms with Crippen LogP contribution in [0.3, 0.4) is 0 Å². The Morgan fingerprint density at radius 2 is 1.42 bits per heavy atom. The molecule has 8 nitrogen and oxygen atoms in total. The fourth-order valence-corrected chi connectivity index (χ4v) is 5.78. The maximum absolute atomic E-state index is 14.4. The Balaban J connectivity index is 1.40. The Morgan fingerprint density at radius 1 is 0.729 bits per heavy atom. The van der Waals surface area contributed by atoms with Gasteiger partial charge in [0.2, 0.25) is 5.91 Å². The summed E-state index contributed by atoms with van der Waals surface area (Å²) in [5.74, 6) is -1.02. The molecule has 0 fully saturated rings. The van der Waals surface area contributed by atoms with Crippen LogP contribution in [0.25, 0.3) is 6.08 Å². The lowest BCUT2D eigenvalue weighted by atomic mass is 10.1. The smallest absolute Gasteiger partial charge is 0.272 e. The van der Waals surface area contributed by atoms with Crippen LogP contribution >= 0.6 is 11.8 Å². The fourth-order valence-electron chi connectivity index (χ4n) is 4.69. The molecule has 0 saturated heterocycles. The summed E-state index contributed by atoms with van der Waals surface area (Å²) in [5, 5.41) is 7.55. The Morgan fingerprint density at radius 3 is 2.12 bits per heavy atom. The molecular weight excluding hydrogens is 629 g/mol. The normalized spacial score (nSPS) is 11.6. The predicted octanol–water partition coefficient (Wildman–Crippen LogP) is 7.72. The highest BCUT2D eigenvalue weighted by Gasteiger charge is 2.24. The van der Waals surface area contributed by atoms with Crippen LogP contribution in [0.15, 0.2) is 138 Å². The number of rotatable bonds is 12. The molecule has 1 unspecified atom stereocenters. The number of ether oxygens (including phenoxy) is 2. The summed E-state index contributed by atoms with van der Waals surface area (Å²) in [6.45, 7) is 0. The number of anilines is 2. The predicted molar refractivity (Wildman–Crippen MR) is 187 cm³/mol. The van der Waals surface area contributed by atoms with E-state index in [2.05, 4.69) is 16.0 Å². The van der Waals surface area contributed by atoms with E-state index in [4.69, 9.17) is 9.47 Å². The summed E-state index contributed by atoms with van der Waals surface area (Å²) < 4.78 is 25.1. The van der Waals surface area contributed by atoms with E-state index >= 15 is 0 Å². The first-order valence-electron chi connectivity index (χ1n) is 14.8. The molecule has 10 heteroatoms. The van der Waals surface area contributed by atoms with Crippen molar-refractivity contribution in [2.24, 2.45) is 0 Å². The summed E-state index contributed by atoms with van der Waals surface area (Å²) in [7, 11) is 3.03. The molecule has 48 heavy (non-hydrogen) atoms. The highest BCUT2D eigenvalue weighted by atomic mass is 32.2. The SMILES string of the molecule is COc1ccc(/C=C(/NC(=O)c2ccccc2)C(=O)Nc2cccc(SC(C(=O)Nc3ccccc3F)c3ccccc3)c2)cc1OC. The highest BCUT2D eigenvalue weighted by molar-refractivity contribution is 8.00. The zero-order valence-electron chi connectivity index (χ0n) is 26.1. The number of carbonyl (C=O) groups excluding carboxylic acids is 3. The second-order valence-electron chi connectivity index (χ2n) is 10.4. The quantitative estimate of drug-likeness (QED) is 0.0934. The van der Waals surface area contributed by atoms with Gasteiger partial charge in [-0.15, -0.1) is 11.8 Å². The zero-order chi connectivity index (χ0) is 33.9. The number of nitrogens with one attached hydrogen (secondary N) is 3. The molecule has 242 valence electrons. The van der Waals surface area contributed by atoms with Gasteiger partial charge in [-0.1, -0.05) is 72.8 Å². The van der Waals surface area contributed by atoms with Gasteiger partial charge in [0, 0.05) is 16.1 Å². The summed E-state index contributed by atoms with van der Waals surface area (Å²) in [5.41, 5.74) is 2.18. The molecule has 5 aromatic rings. The Hall–Kier alpha value is -5.87. The van der Waals surface area contributed by atoms with Crippen LogP contribution < -0.4 is 25.4 Å². The lowest BCUT2D eigenvalue weighted by molar-refractivity contribution is -0.116. The van der Waals surface area contributed by atoms with Crippen molar-refractivity contribution in [3.05, 3.63) is 156 Å². The minimum atomic E-state index is -0.734. The third kappa shape index (κ3) is 8.68. The number of benzene rings is 5. The van der Waals surface area contributed by atoms with Crippen LogP contribution in [0.2, 0.25) is 0 Å². The van der Waals surface area contributed by atoms with Crippen molar-refractivity contribution in [1.29, 1.82) is 0 Å². The lowest BCUT2D eigenvalue weighted by Crippen LogP contribution is -2.30. The Kier molecular flexibility index (Phi) is 11.2. The summed E-state index contributed by atoms with van der Waals surface area (Å²) in [4.78, 5) is 41.0. The molecule has 3 amide bonds. The van der Waals surface area contributed by atoms with E-state index in [0.717, 1.165) is 5.56 Å². The van der Waals surface area contributed by atoms with Crippen molar-refractivity contribution in [3.8, 4) is 11.5 Å². The first-order valence-corrected chi connectivity index (χ1v) is 15.7. The van der Waals surface area contributed by atoms with Gasteiger partial charge in [0.25, 0.3) is 11.8 Å². The first kappa shape index (κ1) is 33.5. The molecule has 0 radical (unpaired) electrons. The van der Waals surface area contributed by atoms with Gasteiger partial charge in [-0.05, 0) is 71.8 Å². The topological polar surface area (TPSA) is 106 Å². The molecular formula is C38H32FN3O5S. The molecule has 5 aromatic carbocycles. The van der Waals surface area contributed by atoms with Crippen molar-refractivity contribution in [2.45, 2.75) is 10.1 Å². The van der Waals surface area contributed by atoms with Gasteiger partial charge in [-0.25, -0.2) is 4.39 Å². The summed E-state index contributed by atoms with van der Waals surface area (Å²) >= 11 is 1.25. The molecule has 0 aliphatic rings. The van der Waals surface area contributed by atoms with Crippen LogP contribution in [-0.2, 0) is 9.59 Å². The number of carbonyl (C=O) groups is 3. The van der Waals surface area contributed by atoms with E-state index in [1.54, 1.807) is 78.9 Å². The van der Waals surface area contributed by atoms with Crippen LogP contribution in [0.5, 0.6) is 11.5 Å². The molecule has 0 aliphatic carbocycles. The molecule has 0 spiro atoms. The Labute approximate surface area is 282 Å². The molecule has 1 atom stereocenters. The van der Waals surface area contributed by atoms with Crippen molar-refractivity contribution >= 4 is 46.9 Å². The number of methoxy groups -OCH3 is 2. The molecule has 0 heterocycles. The lowest BCUT2D eigenvalue weighted by Gasteiger charge is -2.18. The average Bonchev–Trinajstić information content (AvgIpc) is 3.12. The number of amides is 3. The van der Waals surface area contributed by atoms with Crippen LogP contribution in [0.4, 0.5) is 15.8 Å². The molecule has 0 aliphatic heterocycles. The van der Waals surface area contributed by atoms with E-state index in [1.807, 2.05) is 36.4 Å². The number of para-hydroxylation sites is 1. The summed E-state index contributed by atoms with van der Waals surface area (Å²) in [6, 6.07) is 35.8. The first-order chi connectivity index (χ1) is 23.3. The Bertz CT molecular complexity index is 1940. The molecule has 0 saturated carbocycles. The highest BCUT2D eigenvalue weighted by Crippen LogP contribution is 2.37. The molecule has 3 N–H and O–H groups in total. The van der Waals surface area contributed by atoms with Crippen LogP contribution in [0.1, 0.15) is 26.7 Å². The van der Waals surface area contributed by atoms with Gasteiger partial charge in [-0.3, -0.25) is 14.4 Å². The molecule has 0 bridgehead atoms. The van der Waals surface area contributed by atoms with Gasteiger partial charge in [0.1, 0.15) is 16.8 Å². The molecule has 0 aromatic heterocycles.